The van der Waals surface area contributed by atoms with Crippen molar-refractivity contribution in [3.8, 4) is 0 Å². The number of anilines is 1. The van der Waals surface area contributed by atoms with Gasteiger partial charge in [0.05, 0.1) is 0 Å². The minimum Gasteiger partial charge on any atom is -0.479 e. The first-order chi connectivity index (χ1) is 12.8. The molecular weight excluding hydrogens is 344 g/mol. The summed E-state index contributed by atoms with van der Waals surface area (Å²) in [6, 6.07) is 9.31. The molecule has 2 amide bonds. The lowest BCUT2D eigenvalue weighted by Crippen LogP contribution is -2.33. The molecule has 0 aliphatic carbocycles. The molecule has 2 aromatic rings. The second kappa shape index (κ2) is 7.23. The summed E-state index contributed by atoms with van der Waals surface area (Å²) in [7, 11) is 0. The first kappa shape index (κ1) is 18.6. The molecule has 1 unspecified atom stereocenters. The van der Waals surface area contributed by atoms with E-state index in [9.17, 15) is 19.5 Å². The third-order valence-electron chi connectivity index (χ3n) is 5.00. The number of nitrogens with zero attached hydrogens (tertiary/aromatic N) is 1. The monoisotopic (exact) mass is 366 g/mol. The van der Waals surface area contributed by atoms with E-state index in [1.54, 1.807) is 35.2 Å². The van der Waals surface area contributed by atoms with Crippen molar-refractivity contribution in [1.29, 1.82) is 0 Å². The summed E-state index contributed by atoms with van der Waals surface area (Å²) < 4.78 is 0. The van der Waals surface area contributed by atoms with Crippen LogP contribution < -0.4 is 10.2 Å². The highest BCUT2D eigenvalue weighted by Gasteiger charge is 2.26. The fourth-order valence-electron chi connectivity index (χ4n) is 3.32. The topological polar surface area (TPSA) is 86.7 Å². The van der Waals surface area contributed by atoms with Crippen molar-refractivity contribution >= 4 is 23.5 Å². The van der Waals surface area contributed by atoms with E-state index in [-0.39, 0.29) is 5.91 Å². The van der Waals surface area contributed by atoms with Crippen molar-refractivity contribution in [3.05, 3.63) is 64.2 Å². The Balaban J connectivity index is 1.84. The maximum atomic E-state index is 12.6. The van der Waals surface area contributed by atoms with Gasteiger partial charge in [-0.25, -0.2) is 4.79 Å². The Hall–Kier alpha value is -3.15. The van der Waals surface area contributed by atoms with Crippen molar-refractivity contribution < 1.29 is 19.5 Å². The number of amides is 2. The van der Waals surface area contributed by atoms with Gasteiger partial charge in [-0.2, -0.15) is 0 Å². The second-order valence-electron chi connectivity index (χ2n) is 6.85. The largest absolute Gasteiger partial charge is 0.479 e. The van der Waals surface area contributed by atoms with Gasteiger partial charge in [0.15, 0.2) is 6.04 Å². The van der Waals surface area contributed by atoms with E-state index >= 15 is 0 Å². The Labute approximate surface area is 157 Å². The molecular formula is C21H22N2O4. The lowest BCUT2D eigenvalue weighted by atomic mass is 10.0. The molecule has 140 valence electrons. The number of carbonyl (C=O) groups excluding carboxylic acids is 2. The highest BCUT2D eigenvalue weighted by atomic mass is 16.4. The summed E-state index contributed by atoms with van der Waals surface area (Å²) in [5.74, 6) is -1.60. The number of aliphatic carboxylic acids is 1. The van der Waals surface area contributed by atoms with Crippen LogP contribution >= 0.6 is 0 Å². The standard InChI is InChI=1S/C21H22N2O4/c1-12-4-5-16(10-13(12)2)19(21(26)27)22-20(25)17-6-7-18-15(11-17)8-9-23(18)14(3)24/h4-7,10-11,19H,8-9H2,1-3H3,(H,22,25)(H,26,27). The molecule has 1 atom stereocenters. The number of rotatable bonds is 4. The van der Waals surface area contributed by atoms with Gasteiger partial charge in [-0.05, 0) is 60.7 Å². The van der Waals surface area contributed by atoms with E-state index in [2.05, 4.69) is 5.32 Å². The van der Waals surface area contributed by atoms with Gasteiger partial charge in [0.25, 0.3) is 5.91 Å². The van der Waals surface area contributed by atoms with Crippen LogP contribution in [0.3, 0.4) is 0 Å². The fraction of sp³-hybridized carbons (Fsp3) is 0.286. The number of benzene rings is 2. The molecule has 0 fully saturated rings. The van der Waals surface area contributed by atoms with Crippen molar-refractivity contribution in [2.24, 2.45) is 0 Å². The molecule has 1 aliphatic heterocycles. The molecule has 0 radical (unpaired) electrons. The van der Waals surface area contributed by atoms with Gasteiger partial charge >= 0.3 is 5.97 Å². The molecule has 0 saturated heterocycles. The average molecular weight is 366 g/mol. The number of fused-ring (bicyclic) bond motifs is 1. The van der Waals surface area contributed by atoms with E-state index in [0.29, 0.717) is 24.1 Å². The lowest BCUT2D eigenvalue weighted by molar-refractivity contribution is -0.139. The molecule has 27 heavy (non-hydrogen) atoms. The van der Waals surface area contributed by atoms with Crippen LogP contribution in [0, 0.1) is 13.8 Å². The van der Waals surface area contributed by atoms with Gasteiger partial charge in [0.2, 0.25) is 5.91 Å². The summed E-state index contributed by atoms with van der Waals surface area (Å²) in [6.07, 6.45) is 0.676. The minimum atomic E-state index is -1.13. The van der Waals surface area contributed by atoms with Crippen LogP contribution in [-0.4, -0.2) is 29.4 Å². The highest BCUT2D eigenvalue weighted by Crippen LogP contribution is 2.29. The highest BCUT2D eigenvalue weighted by molar-refractivity contribution is 5.99. The quantitative estimate of drug-likeness (QED) is 0.871. The smallest absolute Gasteiger partial charge is 0.330 e. The summed E-state index contributed by atoms with van der Waals surface area (Å²) in [6.45, 7) is 5.95. The molecule has 3 rings (SSSR count). The summed E-state index contributed by atoms with van der Waals surface area (Å²) in [5, 5.41) is 12.2. The van der Waals surface area contributed by atoms with Crippen LogP contribution in [0.15, 0.2) is 36.4 Å². The first-order valence-electron chi connectivity index (χ1n) is 8.80. The third-order valence-corrected chi connectivity index (χ3v) is 5.00. The zero-order valence-electron chi connectivity index (χ0n) is 15.6. The molecule has 0 aromatic heterocycles. The van der Waals surface area contributed by atoms with Gasteiger partial charge in [0.1, 0.15) is 0 Å². The van der Waals surface area contributed by atoms with Gasteiger partial charge in [-0.15, -0.1) is 0 Å². The van der Waals surface area contributed by atoms with Crippen LogP contribution in [0.5, 0.6) is 0 Å². The Bertz CT molecular complexity index is 936. The molecule has 1 aliphatic rings. The molecule has 2 N–H and O–H groups in total. The van der Waals surface area contributed by atoms with E-state index in [1.807, 2.05) is 19.9 Å². The maximum Gasteiger partial charge on any atom is 0.330 e. The Kier molecular flexibility index (Phi) is 4.99. The van der Waals surface area contributed by atoms with E-state index in [0.717, 1.165) is 22.4 Å². The van der Waals surface area contributed by atoms with Crippen molar-refractivity contribution in [2.45, 2.75) is 33.2 Å². The second-order valence-corrected chi connectivity index (χ2v) is 6.85. The predicted octanol–water partition coefficient (Wildman–Crippen LogP) is 2.77. The molecule has 6 nitrogen and oxygen atoms in total. The normalized spacial score (nSPS) is 13.8. The number of nitrogens with one attached hydrogen (secondary N) is 1. The Morgan fingerprint density at radius 3 is 2.44 bits per heavy atom. The number of hydrogen-bond acceptors (Lipinski definition) is 3. The zero-order valence-corrected chi connectivity index (χ0v) is 15.6. The zero-order chi connectivity index (χ0) is 19.7. The van der Waals surface area contributed by atoms with Gasteiger partial charge in [0, 0.05) is 24.7 Å². The van der Waals surface area contributed by atoms with E-state index in [4.69, 9.17) is 0 Å². The number of carbonyl (C=O) groups is 3. The molecule has 0 spiro atoms. The number of carboxylic acid groups (broad SMARTS) is 1. The molecule has 6 heteroatoms. The van der Waals surface area contributed by atoms with E-state index in [1.165, 1.54) is 6.92 Å². The van der Waals surface area contributed by atoms with Crippen molar-refractivity contribution in [1.82, 2.24) is 5.32 Å². The first-order valence-corrected chi connectivity index (χ1v) is 8.80. The molecule has 1 heterocycles. The van der Waals surface area contributed by atoms with Crippen LogP contribution in [0.25, 0.3) is 0 Å². The number of hydrogen-bond donors (Lipinski definition) is 2. The predicted molar refractivity (Wildman–Crippen MR) is 102 cm³/mol. The average Bonchev–Trinajstić information content (AvgIpc) is 3.05. The molecule has 0 bridgehead atoms. The van der Waals surface area contributed by atoms with Gasteiger partial charge in [-0.1, -0.05) is 18.2 Å². The van der Waals surface area contributed by atoms with Crippen molar-refractivity contribution in [3.63, 3.8) is 0 Å². The number of carboxylic acids is 1. The summed E-state index contributed by atoms with van der Waals surface area (Å²) in [4.78, 5) is 37.7. The third kappa shape index (κ3) is 3.69. The summed E-state index contributed by atoms with van der Waals surface area (Å²) >= 11 is 0. The molecule has 0 saturated carbocycles. The van der Waals surface area contributed by atoms with Crippen LogP contribution in [0.2, 0.25) is 0 Å². The lowest BCUT2D eigenvalue weighted by Gasteiger charge is -2.17. The van der Waals surface area contributed by atoms with Crippen LogP contribution in [-0.2, 0) is 16.0 Å². The Morgan fingerprint density at radius 2 is 1.81 bits per heavy atom. The summed E-state index contributed by atoms with van der Waals surface area (Å²) in [5.41, 5.74) is 4.66. The maximum absolute atomic E-state index is 12.6. The SMILES string of the molecule is CC(=O)N1CCc2cc(C(=O)NC(C(=O)O)c3ccc(C)c(C)c3)ccc21. The number of aryl methyl sites for hydroxylation is 2. The van der Waals surface area contributed by atoms with Gasteiger partial charge < -0.3 is 15.3 Å². The fourth-order valence-corrected chi connectivity index (χ4v) is 3.32. The van der Waals surface area contributed by atoms with Crippen LogP contribution in [0.4, 0.5) is 5.69 Å². The Morgan fingerprint density at radius 1 is 1.07 bits per heavy atom. The van der Waals surface area contributed by atoms with Crippen LogP contribution in [0.1, 0.15) is 45.6 Å². The molecule has 2 aromatic carbocycles. The van der Waals surface area contributed by atoms with Gasteiger partial charge in [-0.3, -0.25) is 9.59 Å². The minimum absolute atomic E-state index is 0.0355. The van der Waals surface area contributed by atoms with E-state index < -0.39 is 17.9 Å². The van der Waals surface area contributed by atoms with Crippen molar-refractivity contribution in [2.75, 3.05) is 11.4 Å².